The van der Waals surface area contributed by atoms with E-state index in [2.05, 4.69) is 0 Å². The van der Waals surface area contributed by atoms with Gasteiger partial charge in [-0.3, -0.25) is 0 Å². The van der Waals surface area contributed by atoms with E-state index in [0.29, 0.717) is 0 Å². The van der Waals surface area contributed by atoms with Crippen LogP contribution in [0, 0.1) is 62.8 Å². The molecule has 0 aromatic heterocycles. The SMILES string of the molecule is N#CC(C#N)=C1C(F)=c2c(F)c(F)c(=C(C#N)C#N)c(F)c2C2(F)CC12F. The third kappa shape index (κ3) is 1.90. The summed E-state index contributed by atoms with van der Waals surface area (Å²) in [5.41, 5.74) is -12.2. The van der Waals surface area contributed by atoms with Gasteiger partial charge in [0.2, 0.25) is 0 Å². The molecule has 1 fully saturated rings. The molecule has 0 N–H and O–H groups in total. The molecular formula is C17H2F6N4. The summed E-state index contributed by atoms with van der Waals surface area (Å²) in [4.78, 5) is 0. The maximum Gasteiger partial charge on any atom is 0.182 e. The van der Waals surface area contributed by atoms with Gasteiger partial charge in [-0.25, -0.2) is 26.3 Å². The standard InChI is InChI=1S/C17H2F6N4/c18-12-8(6(1-24)2-25)14(20)15(21)9-11(12)17(23)5-16(17,22)10(13(9)19)7(3-26)4-27/h5H2. The van der Waals surface area contributed by atoms with Gasteiger partial charge < -0.3 is 0 Å². The first kappa shape index (κ1) is 18.0. The van der Waals surface area contributed by atoms with Crippen molar-refractivity contribution in [2.45, 2.75) is 17.8 Å². The average Bonchev–Trinajstić information content (AvgIpc) is 3.21. The van der Waals surface area contributed by atoms with Crippen LogP contribution in [0.25, 0.3) is 11.4 Å². The van der Waals surface area contributed by atoms with Gasteiger partial charge in [-0.05, 0) is 0 Å². The first-order valence-corrected chi connectivity index (χ1v) is 6.99. The topological polar surface area (TPSA) is 95.2 Å². The molecule has 0 bridgehead atoms. The first-order valence-electron chi connectivity index (χ1n) is 6.99. The van der Waals surface area contributed by atoms with Gasteiger partial charge in [0.1, 0.15) is 47.1 Å². The molecule has 1 aromatic rings. The van der Waals surface area contributed by atoms with E-state index < -0.39 is 73.8 Å². The molecule has 1 aromatic carbocycles. The Labute approximate surface area is 146 Å². The highest BCUT2D eigenvalue weighted by atomic mass is 19.2. The number of rotatable bonds is 0. The smallest absolute Gasteiger partial charge is 0.182 e. The zero-order valence-electron chi connectivity index (χ0n) is 12.8. The number of alkyl halides is 2. The quantitative estimate of drug-likeness (QED) is 0.393. The summed E-state index contributed by atoms with van der Waals surface area (Å²) in [7, 11) is 0. The number of nitriles is 4. The second kappa shape index (κ2) is 5.37. The van der Waals surface area contributed by atoms with Crippen molar-refractivity contribution >= 4 is 11.4 Å². The number of nitrogens with zero attached hydrogens (tertiary/aromatic N) is 4. The van der Waals surface area contributed by atoms with E-state index in [4.69, 9.17) is 21.0 Å². The van der Waals surface area contributed by atoms with Crippen LogP contribution in [0.15, 0.2) is 11.1 Å². The number of fused-ring (bicyclic) bond motifs is 3. The molecule has 0 amide bonds. The van der Waals surface area contributed by atoms with E-state index in [1.54, 1.807) is 0 Å². The fourth-order valence-electron chi connectivity index (χ4n) is 3.20. The zero-order valence-corrected chi connectivity index (χ0v) is 12.8. The van der Waals surface area contributed by atoms with E-state index in [-0.39, 0.29) is 0 Å². The van der Waals surface area contributed by atoms with Gasteiger partial charge in [-0.1, -0.05) is 0 Å². The minimum absolute atomic E-state index is 1.09. The van der Waals surface area contributed by atoms with Gasteiger partial charge in [0, 0.05) is 12.0 Å². The van der Waals surface area contributed by atoms with Crippen LogP contribution in [0.2, 0.25) is 0 Å². The molecule has 132 valence electrons. The number of allylic oxidation sites excluding steroid dienone is 2. The maximum absolute atomic E-state index is 15.1. The minimum atomic E-state index is -3.41. The Morgan fingerprint density at radius 2 is 1.26 bits per heavy atom. The zero-order chi connectivity index (χ0) is 20.3. The predicted octanol–water partition coefficient (Wildman–Crippen LogP) is 2.01. The molecule has 1 saturated carbocycles. The van der Waals surface area contributed by atoms with Crippen molar-refractivity contribution < 1.29 is 26.3 Å². The number of halogens is 6. The Kier molecular flexibility index (Phi) is 3.59. The highest BCUT2D eigenvalue weighted by Gasteiger charge is 2.78. The van der Waals surface area contributed by atoms with Gasteiger partial charge in [0.25, 0.3) is 0 Å². The van der Waals surface area contributed by atoms with Crippen molar-refractivity contribution in [3.8, 4) is 24.3 Å². The van der Waals surface area contributed by atoms with Crippen molar-refractivity contribution in [3.63, 3.8) is 0 Å². The summed E-state index contributed by atoms with van der Waals surface area (Å²) in [5.74, 6) is -8.35. The Bertz CT molecular complexity index is 1240. The summed E-state index contributed by atoms with van der Waals surface area (Å²) < 4.78 is 88.1. The lowest BCUT2D eigenvalue weighted by Crippen LogP contribution is -2.40. The molecule has 27 heavy (non-hydrogen) atoms. The van der Waals surface area contributed by atoms with Crippen molar-refractivity contribution in [1.82, 2.24) is 0 Å². The van der Waals surface area contributed by atoms with Gasteiger partial charge in [0.15, 0.2) is 23.0 Å². The van der Waals surface area contributed by atoms with Crippen LogP contribution < -0.4 is 10.4 Å². The number of hydrogen-bond acceptors (Lipinski definition) is 4. The second-order valence-electron chi connectivity index (χ2n) is 5.73. The van der Waals surface area contributed by atoms with Crippen LogP contribution >= 0.6 is 0 Å². The highest BCUT2D eigenvalue weighted by Crippen LogP contribution is 2.68. The Morgan fingerprint density at radius 3 is 1.74 bits per heavy atom. The lowest BCUT2D eigenvalue weighted by Gasteiger charge is -2.22. The van der Waals surface area contributed by atoms with Crippen molar-refractivity contribution in [1.29, 1.82) is 21.0 Å². The third-order valence-electron chi connectivity index (χ3n) is 4.49. The molecule has 0 heterocycles. The lowest BCUT2D eigenvalue weighted by molar-refractivity contribution is 0.185. The van der Waals surface area contributed by atoms with E-state index in [0.717, 1.165) is 24.3 Å². The van der Waals surface area contributed by atoms with Crippen LogP contribution in [-0.2, 0) is 5.67 Å². The van der Waals surface area contributed by atoms with E-state index in [1.807, 2.05) is 0 Å². The minimum Gasteiger partial charge on any atom is -0.234 e. The average molecular weight is 376 g/mol. The third-order valence-corrected chi connectivity index (χ3v) is 4.49. The maximum atomic E-state index is 15.1. The molecule has 3 rings (SSSR count). The number of benzene rings is 1. The molecule has 0 aliphatic heterocycles. The van der Waals surface area contributed by atoms with Gasteiger partial charge >= 0.3 is 0 Å². The van der Waals surface area contributed by atoms with Crippen LogP contribution in [0.4, 0.5) is 26.3 Å². The van der Waals surface area contributed by atoms with Gasteiger partial charge in [-0.2, -0.15) is 21.0 Å². The van der Waals surface area contributed by atoms with Crippen LogP contribution in [0.5, 0.6) is 0 Å². The monoisotopic (exact) mass is 376 g/mol. The molecule has 2 aliphatic rings. The molecule has 0 spiro atoms. The molecule has 2 atom stereocenters. The summed E-state index contributed by atoms with van der Waals surface area (Å²) in [6.45, 7) is 0. The van der Waals surface area contributed by atoms with Crippen molar-refractivity contribution in [2.24, 2.45) is 0 Å². The summed E-state index contributed by atoms with van der Waals surface area (Å²) in [6, 6.07) is 4.43. The molecule has 2 unspecified atom stereocenters. The summed E-state index contributed by atoms with van der Waals surface area (Å²) >= 11 is 0. The Balaban J connectivity index is 2.72. The largest absolute Gasteiger partial charge is 0.234 e. The second-order valence-corrected chi connectivity index (χ2v) is 5.73. The molecule has 0 saturated heterocycles. The number of hydrogen-bond donors (Lipinski definition) is 0. The summed E-state index contributed by atoms with van der Waals surface area (Å²) in [6.07, 6.45) is -1.27. The van der Waals surface area contributed by atoms with Crippen LogP contribution in [0.1, 0.15) is 12.0 Å². The fourth-order valence-corrected chi connectivity index (χ4v) is 3.20. The molecule has 10 heteroatoms. The normalized spacial score (nSPS) is 24.5. The van der Waals surface area contributed by atoms with Crippen LogP contribution in [-0.4, -0.2) is 5.67 Å². The van der Waals surface area contributed by atoms with Crippen molar-refractivity contribution in [3.05, 3.63) is 44.6 Å². The Hall–Kier alpha value is -3.76. The molecular weight excluding hydrogens is 374 g/mol. The fraction of sp³-hybridized carbons (Fsp3) is 0.176. The Morgan fingerprint density at radius 1 is 0.741 bits per heavy atom. The predicted molar refractivity (Wildman–Crippen MR) is 74.2 cm³/mol. The molecule has 4 nitrogen and oxygen atoms in total. The molecule has 2 aliphatic carbocycles. The molecule has 0 radical (unpaired) electrons. The van der Waals surface area contributed by atoms with Crippen LogP contribution in [0.3, 0.4) is 0 Å². The van der Waals surface area contributed by atoms with E-state index in [9.17, 15) is 22.0 Å². The van der Waals surface area contributed by atoms with E-state index >= 15 is 4.39 Å². The lowest BCUT2D eigenvalue weighted by atomic mass is 9.87. The first-order chi connectivity index (χ1) is 12.6. The van der Waals surface area contributed by atoms with Crippen molar-refractivity contribution in [2.75, 3.05) is 0 Å². The van der Waals surface area contributed by atoms with Gasteiger partial charge in [0.05, 0.1) is 16.0 Å². The van der Waals surface area contributed by atoms with Gasteiger partial charge in [-0.15, -0.1) is 0 Å². The summed E-state index contributed by atoms with van der Waals surface area (Å²) in [5, 5.41) is 32.0. The highest BCUT2D eigenvalue weighted by molar-refractivity contribution is 5.78. The van der Waals surface area contributed by atoms with E-state index in [1.165, 1.54) is 0 Å².